The zero-order valence-corrected chi connectivity index (χ0v) is 24.1. The van der Waals surface area contributed by atoms with E-state index in [0.717, 1.165) is 11.3 Å². The number of hydrogen-bond donors (Lipinski definition) is 1. The quantitative estimate of drug-likeness (QED) is 0.205. The fraction of sp³-hybridized carbons (Fsp3) is 0.258. The van der Waals surface area contributed by atoms with Crippen molar-refractivity contribution >= 4 is 35.5 Å². The molecule has 0 spiro atoms. The van der Waals surface area contributed by atoms with Gasteiger partial charge in [0.2, 0.25) is 0 Å². The molecule has 1 N–H and O–H groups in total. The van der Waals surface area contributed by atoms with Crippen molar-refractivity contribution in [1.29, 1.82) is 0 Å². The summed E-state index contributed by atoms with van der Waals surface area (Å²) in [5.74, 6) is -0.447. The highest BCUT2D eigenvalue weighted by atomic mass is 35.5. The first-order valence-electron chi connectivity index (χ1n) is 13.3. The second-order valence-corrected chi connectivity index (χ2v) is 9.63. The molecule has 1 fully saturated rings. The number of methoxy groups -OCH3 is 1. The maximum Gasteiger partial charge on any atom is 0.331 e. The number of nitrogens with one attached hydrogen (secondary N) is 1. The fourth-order valence-electron chi connectivity index (χ4n) is 4.14. The Morgan fingerprint density at radius 2 is 1.64 bits per heavy atom. The van der Waals surface area contributed by atoms with Crippen molar-refractivity contribution in [2.24, 2.45) is 0 Å². The Bertz CT molecular complexity index is 1510. The topological polar surface area (TPSA) is 103 Å². The summed E-state index contributed by atoms with van der Waals surface area (Å²) in [6, 6.07) is 13.2. The molecule has 42 heavy (non-hydrogen) atoms. The highest BCUT2D eigenvalue weighted by Crippen LogP contribution is 2.38. The lowest BCUT2D eigenvalue weighted by Crippen LogP contribution is -2.53. The van der Waals surface area contributed by atoms with E-state index in [1.165, 1.54) is 31.4 Å². The van der Waals surface area contributed by atoms with Gasteiger partial charge in [0.05, 0.1) is 31.9 Å². The number of carbonyl (C=O) groups excluding carboxylic acids is 3. The Labute approximate surface area is 247 Å². The molecule has 0 radical (unpaired) electrons. The average Bonchev–Trinajstić information content (AvgIpc) is 2.97. The SMILES string of the molecule is CCCOc1ccc(CN2C(=O)NC(=O)/C(=C\c3cc(Cl)c(OCc4ccc(F)cc4)c(OC)c3)C2=O)cc1OCC. The average molecular weight is 597 g/mol. The molecule has 3 aromatic rings. The van der Waals surface area contributed by atoms with Crippen LogP contribution in [0.4, 0.5) is 9.18 Å². The first-order valence-corrected chi connectivity index (χ1v) is 13.6. The van der Waals surface area contributed by atoms with Crippen LogP contribution in [0.1, 0.15) is 37.0 Å². The van der Waals surface area contributed by atoms with Gasteiger partial charge < -0.3 is 18.9 Å². The van der Waals surface area contributed by atoms with Gasteiger partial charge in [-0.05, 0) is 72.5 Å². The van der Waals surface area contributed by atoms with Gasteiger partial charge in [0.15, 0.2) is 23.0 Å². The van der Waals surface area contributed by atoms with Crippen molar-refractivity contribution in [2.75, 3.05) is 20.3 Å². The van der Waals surface area contributed by atoms with E-state index in [2.05, 4.69) is 5.32 Å². The van der Waals surface area contributed by atoms with Crippen LogP contribution in [0.3, 0.4) is 0 Å². The summed E-state index contributed by atoms with van der Waals surface area (Å²) in [5.41, 5.74) is 1.42. The lowest BCUT2D eigenvalue weighted by molar-refractivity contribution is -0.130. The number of carbonyl (C=O) groups is 3. The molecule has 4 amide bonds. The minimum Gasteiger partial charge on any atom is -0.493 e. The molecule has 1 aliphatic rings. The van der Waals surface area contributed by atoms with E-state index in [9.17, 15) is 18.8 Å². The van der Waals surface area contributed by atoms with Crippen molar-refractivity contribution in [3.8, 4) is 23.0 Å². The molecule has 1 saturated heterocycles. The highest BCUT2D eigenvalue weighted by Gasteiger charge is 2.36. The zero-order chi connectivity index (χ0) is 30.2. The van der Waals surface area contributed by atoms with Crippen LogP contribution >= 0.6 is 11.6 Å². The molecule has 1 aliphatic heterocycles. The Balaban J connectivity index is 1.57. The Hall–Kier alpha value is -4.57. The molecule has 0 saturated carbocycles. The summed E-state index contributed by atoms with van der Waals surface area (Å²) >= 11 is 6.47. The normalized spacial score (nSPS) is 14.2. The van der Waals surface area contributed by atoms with Gasteiger partial charge in [0.25, 0.3) is 11.8 Å². The summed E-state index contributed by atoms with van der Waals surface area (Å²) in [7, 11) is 1.42. The van der Waals surface area contributed by atoms with Crippen molar-refractivity contribution in [2.45, 2.75) is 33.4 Å². The van der Waals surface area contributed by atoms with Crippen LogP contribution in [0.2, 0.25) is 5.02 Å². The van der Waals surface area contributed by atoms with E-state index in [1.54, 1.807) is 36.4 Å². The molecule has 4 rings (SSSR count). The van der Waals surface area contributed by atoms with E-state index in [-0.39, 0.29) is 41.1 Å². The van der Waals surface area contributed by atoms with Gasteiger partial charge in [0.1, 0.15) is 18.0 Å². The van der Waals surface area contributed by atoms with Crippen molar-refractivity contribution < 1.29 is 37.7 Å². The first kappa shape index (κ1) is 30.4. The Morgan fingerprint density at radius 3 is 2.33 bits per heavy atom. The van der Waals surface area contributed by atoms with E-state index >= 15 is 0 Å². The van der Waals surface area contributed by atoms with Crippen LogP contribution in [0.15, 0.2) is 60.2 Å². The van der Waals surface area contributed by atoms with Crippen LogP contribution < -0.4 is 24.3 Å². The Kier molecular flexibility index (Phi) is 10.0. The second-order valence-electron chi connectivity index (χ2n) is 9.22. The second kappa shape index (κ2) is 13.9. The minimum atomic E-state index is -0.841. The number of benzene rings is 3. The molecule has 0 bridgehead atoms. The summed E-state index contributed by atoms with van der Waals surface area (Å²) in [6.45, 7) is 4.74. The first-order chi connectivity index (χ1) is 20.2. The predicted molar refractivity (Wildman–Crippen MR) is 154 cm³/mol. The van der Waals surface area contributed by atoms with Crippen LogP contribution in [-0.4, -0.2) is 43.1 Å². The number of halogens is 2. The molecular weight excluding hydrogens is 567 g/mol. The number of hydrogen-bond acceptors (Lipinski definition) is 7. The van der Waals surface area contributed by atoms with Crippen LogP contribution in [0, 0.1) is 5.82 Å². The van der Waals surface area contributed by atoms with Crippen molar-refractivity contribution in [3.63, 3.8) is 0 Å². The number of nitrogens with zero attached hydrogens (tertiary/aromatic N) is 1. The molecule has 0 aliphatic carbocycles. The fourth-order valence-corrected chi connectivity index (χ4v) is 4.41. The maximum absolute atomic E-state index is 13.4. The zero-order valence-electron chi connectivity index (χ0n) is 23.4. The molecule has 11 heteroatoms. The molecule has 1 heterocycles. The molecule has 0 aromatic heterocycles. The summed E-state index contributed by atoms with van der Waals surface area (Å²) < 4.78 is 35.8. The van der Waals surface area contributed by atoms with E-state index < -0.39 is 17.8 Å². The standard InChI is InChI=1S/C31H30ClFN2O7/c1-4-12-41-25-11-8-20(15-26(25)40-5-2)17-35-30(37)23(29(36)34-31(35)38)13-21-14-24(32)28(27(16-21)39-3)42-18-19-6-9-22(33)10-7-19/h6-11,13-16H,4-5,12,17-18H2,1-3H3,(H,34,36,38)/b23-13+. The number of amides is 4. The lowest BCUT2D eigenvalue weighted by atomic mass is 10.1. The summed E-state index contributed by atoms with van der Waals surface area (Å²) in [4.78, 5) is 39.6. The maximum atomic E-state index is 13.4. The lowest BCUT2D eigenvalue weighted by Gasteiger charge is -2.26. The number of ether oxygens (including phenoxy) is 4. The molecule has 3 aromatic carbocycles. The molecule has 220 valence electrons. The monoisotopic (exact) mass is 596 g/mol. The number of barbiturate groups is 1. The Morgan fingerprint density at radius 1 is 0.905 bits per heavy atom. The van der Waals surface area contributed by atoms with Gasteiger partial charge in [-0.2, -0.15) is 0 Å². The minimum absolute atomic E-state index is 0.103. The van der Waals surface area contributed by atoms with E-state index in [4.69, 9.17) is 30.5 Å². The smallest absolute Gasteiger partial charge is 0.331 e. The third-order valence-electron chi connectivity index (χ3n) is 6.16. The summed E-state index contributed by atoms with van der Waals surface area (Å²) in [5, 5.41) is 2.37. The third kappa shape index (κ3) is 7.19. The van der Waals surface area contributed by atoms with Gasteiger partial charge in [-0.1, -0.05) is 36.7 Å². The van der Waals surface area contributed by atoms with Gasteiger partial charge in [-0.3, -0.25) is 19.8 Å². The highest BCUT2D eigenvalue weighted by molar-refractivity contribution is 6.33. The number of urea groups is 1. The van der Waals surface area contributed by atoms with Gasteiger partial charge in [0, 0.05) is 0 Å². The molecule has 9 nitrogen and oxygen atoms in total. The van der Waals surface area contributed by atoms with Crippen LogP contribution in [-0.2, 0) is 22.7 Å². The van der Waals surface area contributed by atoms with Crippen molar-refractivity contribution in [3.05, 3.63) is 87.7 Å². The molecule has 0 atom stereocenters. The van der Waals surface area contributed by atoms with E-state index in [1.807, 2.05) is 13.8 Å². The predicted octanol–water partition coefficient (Wildman–Crippen LogP) is 5.92. The summed E-state index contributed by atoms with van der Waals surface area (Å²) in [6.07, 6.45) is 2.14. The third-order valence-corrected chi connectivity index (χ3v) is 6.44. The van der Waals surface area contributed by atoms with Gasteiger partial charge >= 0.3 is 6.03 Å². The molecular formula is C31H30ClFN2O7. The van der Waals surface area contributed by atoms with Crippen molar-refractivity contribution in [1.82, 2.24) is 10.2 Å². The number of imide groups is 2. The molecule has 0 unspecified atom stereocenters. The number of rotatable bonds is 12. The van der Waals surface area contributed by atoms with Gasteiger partial charge in [-0.15, -0.1) is 0 Å². The van der Waals surface area contributed by atoms with Gasteiger partial charge in [-0.25, -0.2) is 9.18 Å². The van der Waals surface area contributed by atoms with Crippen LogP contribution in [0.5, 0.6) is 23.0 Å². The van der Waals surface area contributed by atoms with E-state index in [0.29, 0.717) is 41.4 Å². The van der Waals surface area contributed by atoms with Crippen LogP contribution in [0.25, 0.3) is 6.08 Å². The largest absolute Gasteiger partial charge is 0.493 e.